The first-order valence-corrected chi connectivity index (χ1v) is 9.04. The van der Waals surface area contributed by atoms with Crippen LogP contribution < -0.4 is 5.56 Å². The Morgan fingerprint density at radius 1 is 1.19 bits per heavy atom. The first kappa shape index (κ1) is 18.0. The molecule has 0 radical (unpaired) electrons. The molecule has 0 aliphatic heterocycles. The maximum atomic E-state index is 12.1. The zero-order valence-electron chi connectivity index (χ0n) is 14.4. The minimum Gasteiger partial charge on any atom is -0.454 e. The normalized spacial score (nSPS) is 12.1. The first-order valence-electron chi connectivity index (χ1n) is 8.22. The Bertz CT molecular complexity index is 1020. The molecule has 26 heavy (non-hydrogen) atoms. The van der Waals surface area contributed by atoms with Crippen LogP contribution in [-0.2, 0) is 9.53 Å². The van der Waals surface area contributed by atoms with E-state index < -0.39 is 12.1 Å². The summed E-state index contributed by atoms with van der Waals surface area (Å²) in [5, 5.41) is 0.478. The third-order valence-corrected chi connectivity index (χ3v) is 4.94. The fraction of sp³-hybridized carbons (Fsp3) is 0.263. The number of hydrogen-bond acceptors (Lipinski definition) is 6. The van der Waals surface area contributed by atoms with Gasteiger partial charge in [0.2, 0.25) is 0 Å². The summed E-state index contributed by atoms with van der Waals surface area (Å²) in [7, 11) is 0. The second kappa shape index (κ2) is 7.61. The minimum atomic E-state index is -0.709. The average Bonchev–Trinajstić information content (AvgIpc) is 3.06. The minimum absolute atomic E-state index is 0.0159. The number of fused-ring (bicyclic) bond motifs is 1. The highest BCUT2D eigenvalue weighted by Crippen LogP contribution is 2.19. The van der Waals surface area contributed by atoms with Gasteiger partial charge in [0.1, 0.15) is 0 Å². The van der Waals surface area contributed by atoms with Gasteiger partial charge in [-0.15, -0.1) is 11.3 Å². The molecule has 134 valence electrons. The quantitative estimate of drug-likeness (QED) is 0.529. The Labute approximate surface area is 153 Å². The van der Waals surface area contributed by atoms with Crippen LogP contribution in [0.5, 0.6) is 0 Å². The maximum Gasteiger partial charge on any atom is 0.306 e. The zero-order valence-corrected chi connectivity index (χ0v) is 15.3. The highest BCUT2D eigenvalue weighted by molar-refractivity contribution is 7.14. The number of nitrogens with one attached hydrogen (secondary N) is 1. The van der Waals surface area contributed by atoms with Crippen molar-refractivity contribution >= 4 is 34.0 Å². The van der Waals surface area contributed by atoms with Crippen molar-refractivity contribution in [1.29, 1.82) is 0 Å². The van der Waals surface area contributed by atoms with Crippen LogP contribution in [-0.4, -0.2) is 21.7 Å². The topological polar surface area (TPSA) is 89.1 Å². The van der Waals surface area contributed by atoms with E-state index in [-0.39, 0.29) is 30.0 Å². The van der Waals surface area contributed by atoms with Gasteiger partial charge in [0.05, 0.1) is 22.2 Å². The molecule has 3 rings (SSSR count). The van der Waals surface area contributed by atoms with Crippen molar-refractivity contribution in [3.63, 3.8) is 0 Å². The lowest BCUT2D eigenvalue weighted by molar-refractivity contribution is -0.148. The highest BCUT2D eigenvalue weighted by Gasteiger charge is 2.17. The number of hydrogen-bond donors (Lipinski definition) is 1. The van der Waals surface area contributed by atoms with Crippen LogP contribution in [0.2, 0.25) is 0 Å². The number of aromatic amines is 1. The number of rotatable bonds is 6. The molecule has 1 aromatic carbocycles. The van der Waals surface area contributed by atoms with E-state index in [0.29, 0.717) is 15.8 Å². The second-order valence-electron chi connectivity index (χ2n) is 5.93. The fourth-order valence-corrected chi connectivity index (χ4v) is 3.37. The van der Waals surface area contributed by atoms with Gasteiger partial charge in [-0.2, -0.15) is 0 Å². The number of ketones is 1. The highest BCUT2D eigenvalue weighted by atomic mass is 32.1. The number of carbonyl (C=O) groups is 2. The van der Waals surface area contributed by atoms with Gasteiger partial charge < -0.3 is 9.72 Å². The number of H-pyrrole nitrogens is 1. The molecule has 0 spiro atoms. The van der Waals surface area contributed by atoms with Crippen LogP contribution in [0.4, 0.5) is 0 Å². The SMILES string of the molecule is Cc1ccc(C(=O)CCC(=O)OC(C)c2nc3ccccc3c(=O)[nH]2)s1. The Balaban J connectivity index is 1.62. The van der Waals surface area contributed by atoms with Gasteiger partial charge in [-0.25, -0.2) is 4.98 Å². The summed E-state index contributed by atoms with van der Waals surface area (Å²) in [4.78, 5) is 44.8. The number of benzene rings is 1. The first-order chi connectivity index (χ1) is 12.4. The molecule has 6 nitrogen and oxygen atoms in total. The Morgan fingerprint density at radius 3 is 2.69 bits per heavy atom. The van der Waals surface area contributed by atoms with Gasteiger partial charge in [0.25, 0.3) is 5.56 Å². The molecule has 0 saturated carbocycles. The van der Waals surface area contributed by atoms with Crippen molar-refractivity contribution in [3.05, 3.63) is 62.3 Å². The number of thiophene rings is 1. The van der Waals surface area contributed by atoms with E-state index in [1.165, 1.54) is 11.3 Å². The van der Waals surface area contributed by atoms with Crippen LogP contribution in [0, 0.1) is 6.92 Å². The number of para-hydroxylation sites is 1. The summed E-state index contributed by atoms with van der Waals surface area (Å²) in [5.41, 5.74) is 0.258. The zero-order chi connectivity index (χ0) is 18.7. The Morgan fingerprint density at radius 2 is 1.96 bits per heavy atom. The average molecular weight is 370 g/mol. The molecule has 0 aliphatic carbocycles. The monoisotopic (exact) mass is 370 g/mol. The third-order valence-electron chi connectivity index (χ3n) is 3.90. The molecule has 1 atom stereocenters. The van der Waals surface area contributed by atoms with Crippen LogP contribution in [0.25, 0.3) is 10.9 Å². The fourth-order valence-electron chi connectivity index (χ4n) is 2.53. The van der Waals surface area contributed by atoms with Crippen molar-refractivity contribution < 1.29 is 14.3 Å². The van der Waals surface area contributed by atoms with Crippen molar-refractivity contribution in [2.75, 3.05) is 0 Å². The molecule has 1 unspecified atom stereocenters. The summed E-state index contributed by atoms with van der Waals surface area (Å²) >= 11 is 1.41. The second-order valence-corrected chi connectivity index (χ2v) is 7.22. The number of aryl methyl sites for hydroxylation is 1. The van der Waals surface area contributed by atoms with Crippen LogP contribution >= 0.6 is 11.3 Å². The van der Waals surface area contributed by atoms with Crippen molar-refractivity contribution in [1.82, 2.24) is 9.97 Å². The standard InChI is InChI=1S/C19H18N2O4S/c1-11-7-9-16(26-11)15(22)8-10-17(23)25-12(2)18-20-14-6-4-3-5-13(14)19(24)21-18/h3-7,9,12H,8,10H2,1-2H3,(H,20,21,24). The summed E-state index contributed by atoms with van der Waals surface area (Å²) in [6.07, 6.45) is -0.635. The Hall–Kier alpha value is -2.80. The molecule has 0 aliphatic rings. The van der Waals surface area contributed by atoms with Gasteiger partial charge in [-0.1, -0.05) is 12.1 Å². The molecule has 0 fully saturated rings. The third kappa shape index (κ3) is 4.05. The number of nitrogens with zero attached hydrogens (tertiary/aromatic N) is 1. The predicted molar refractivity (Wildman–Crippen MR) is 99.5 cm³/mol. The number of aromatic nitrogens is 2. The van der Waals surface area contributed by atoms with Gasteiger partial charge >= 0.3 is 5.97 Å². The smallest absolute Gasteiger partial charge is 0.306 e. The molecule has 2 heterocycles. The molecular formula is C19H18N2O4S. The summed E-state index contributed by atoms with van der Waals surface area (Å²) in [6.45, 7) is 3.56. The summed E-state index contributed by atoms with van der Waals surface area (Å²) in [6, 6.07) is 10.6. The molecule has 0 bridgehead atoms. The maximum absolute atomic E-state index is 12.1. The summed E-state index contributed by atoms with van der Waals surface area (Å²) in [5.74, 6) is -0.304. The molecule has 0 amide bonds. The van der Waals surface area contributed by atoms with Crippen molar-refractivity contribution in [2.45, 2.75) is 32.8 Å². The van der Waals surface area contributed by atoms with Crippen LogP contribution in [0.15, 0.2) is 41.2 Å². The van der Waals surface area contributed by atoms with Gasteiger partial charge in [0, 0.05) is 11.3 Å². The largest absolute Gasteiger partial charge is 0.454 e. The van der Waals surface area contributed by atoms with Gasteiger partial charge in [-0.3, -0.25) is 14.4 Å². The number of Topliss-reactive ketones (excluding diaryl/α,β-unsaturated/α-hetero) is 1. The lowest BCUT2D eigenvalue weighted by atomic mass is 10.2. The van der Waals surface area contributed by atoms with Crippen LogP contribution in [0.3, 0.4) is 0 Å². The predicted octanol–water partition coefficient (Wildman–Crippen LogP) is 3.56. The van der Waals surface area contributed by atoms with Crippen molar-refractivity contribution in [2.24, 2.45) is 0 Å². The van der Waals surface area contributed by atoms with Crippen molar-refractivity contribution in [3.8, 4) is 0 Å². The van der Waals surface area contributed by atoms with E-state index in [1.807, 2.05) is 13.0 Å². The van der Waals surface area contributed by atoms with Gasteiger partial charge in [-0.05, 0) is 38.1 Å². The lowest BCUT2D eigenvalue weighted by Crippen LogP contribution is -2.17. The summed E-state index contributed by atoms with van der Waals surface area (Å²) < 4.78 is 5.31. The number of ether oxygens (including phenoxy) is 1. The number of carbonyl (C=O) groups excluding carboxylic acids is 2. The molecule has 0 saturated heterocycles. The molecule has 3 aromatic rings. The molecule has 2 aromatic heterocycles. The van der Waals surface area contributed by atoms with E-state index in [2.05, 4.69) is 9.97 Å². The lowest BCUT2D eigenvalue weighted by Gasteiger charge is -2.12. The van der Waals surface area contributed by atoms with E-state index in [1.54, 1.807) is 37.3 Å². The van der Waals surface area contributed by atoms with E-state index in [9.17, 15) is 14.4 Å². The van der Waals surface area contributed by atoms with Crippen LogP contribution in [0.1, 0.15) is 46.2 Å². The Kier molecular flexibility index (Phi) is 5.27. The van der Waals surface area contributed by atoms with E-state index in [0.717, 1.165) is 4.88 Å². The van der Waals surface area contributed by atoms with E-state index in [4.69, 9.17) is 4.74 Å². The van der Waals surface area contributed by atoms with E-state index >= 15 is 0 Å². The van der Waals surface area contributed by atoms with Gasteiger partial charge in [0.15, 0.2) is 17.7 Å². The molecular weight excluding hydrogens is 352 g/mol. The number of esters is 1. The molecule has 7 heteroatoms. The molecule has 1 N–H and O–H groups in total.